The molecule has 0 aliphatic rings. The average molecular weight is 342 g/mol. The third kappa shape index (κ3) is 4.21. The molecule has 0 aliphatic carbocycles. The molecular formula is C18H16BrNO. The van der Waals surface area contributed by atoms with E-state index in [1.807, 2.05) is 24.3 Å². The van der Waals surface area contributed by atoms with Crippen molar-refractivity contribution >= 4 is 27.8 Å². The van der Waals surface area contributed by atoms with Gasteiger partial charge in [-0.1, -0.05) is 27.9 Å². The van der Waals surface area contributed by atoms with Gasteiger partial charge in [0, 0.05) is 16.3 Å². The lowest BCUT2D eigenvalue weighted by molar-refractivity contribution is 0.370. The second-order valence-electron chi connectivity index (χ2n) is 4.70. The van der Waals surface area contributed by atoms with Gasteiger partial charge in [0.25, 0.3) is 0 Å². The van der Waals surface area contributed by atoms with Gasteiger partial charge in [0.15, 0.2) is 0 Å². The van der Waals surface area contributed by atoms with Crippen molar-refractivity contribution < 1.29 is 4.74 Å². The van der Waals surface area contributed by atoms with E-state index in [0.717, 1.165) is 21.5 Å². The Morgan fingerprint density at radius 3 is 2.71 bits per heavy atom. The van der Waals surface area contributed by atoms with Crippen molar-refractivity contribution in [1.29, 1.82) is 0 Å². The molecule has 2 nitrogen and oxygen atoms in total. The number of hydrogen-bond acceptors (Lipinski definition) is 2. The van der Waals surface area contributed by atoms with Gasteiger partial charge in [-0.15, -0.1) is 6.42 Å². The topological polar surface area (TPSA) is 21.6 Å². The van der Waals surface area contributed by atoms with Gasteiger partial charge in [0.05, 0.1) is 5.69 Å². The van der Waals surface area contributed by atoms with Crippen LogP contribution in [-0.2, 0) is 0 Å². The molecule has 0 amide bonds. The molecule has 0 heterocycles. The maximum Gasteiger partial charge on any atom is 0.148 e. The second kappa shape index (κ2) is 7.10. The maximum atomic E-state index is 5.52. The van der Waals surface area contributed by atoms with E-state index in [9.17, 15) is 0 Å². The van der Waals surface area contributed by atoms with Gasteiger partial charge in [0.2, 0.25) is 0 Å². The molecule has 0 atom stereocenters. The molecular weight excluding hydrogens is 326 g/mol. The Morgan fingerprint density at radius 1 is 1.19 bits per heavy atom. The minimum Gasteiger partial charge on any atom is -0.480 e. The summed E-state index contributed by atoms with van der Waals surface area (Å²) in [5, 5.41) is 0. The van der Waals surface area contributed by atoms with E-state index >= 15 is 0 Å². The average Bonchev–Trinajstić information content (AvgIpc) is 2.47. The molecule has 0 N–H and O–H groups in total. The Morgan fingerprint density at radius 2 is 2.00 bits per heavy atom. The Kier molecular flexibility index (Phi) is 5.19. The molecule has 0 aliphatic heterocycles. The van der Waals surface area contributed by atoms with Crippen LogP contribution >= 0.6 is 15.9 Å². The van der Waals surface area contributed by atoms with Crippen molar-refractivity contribution in [3.05, 3.63) is 57.6 Å². The summed E-state index contributed by atoms with van der Waals surface area (Å²) in [4.78, 5) is 4.51. The standard InChI is InChI=1S/C18H16BrNO/c1-4-9-21-18-8-6-16(19)11-15(18)12-20-17-7-5-13(2)14(3)10-17/h1,5-8,10-12H,9H2,2-3H3. The largest absolute Gasteiger partial charge is 0.480 e. The summed E-state index contributed by atoms with van der Waals surface area (Å²) in [5.74, 6) is 3.19. The molecule has 0 aromatic heterocycles. The van der Waals surface area contributed by atoms with E-state index in [0.29, 0.717) is 0 Å². The van der Waals surface area contributed by atoms with Gasteiger partial charge in [-0.25, -0.2) is 0 Å². The molecule has 3 heteroatoms. The molecule has 0 radical (unpaired) electrons. The molecule has 2 rings (SSSR count). The number of benzene rings is 2. The quantitative estimate of drug-likeness (QED) is 0.576. The van der Waals surface area contributed by atoms with E-state index in [2.05, 4.69) is 52.8 Å². The van der Waals surface area contributed by atoms with Crippen LogP contribution in [0, 0.1) is 26.2 Å². The molecule has 0 saturated carbocycles. The molecule has 0 unspecified atom stereocenters. The summed E-state index contributed by atoms with van der Waals surface area (Å²) >= 11 is 3.45. The smallest absolute Gasteiger partial charge is 0.148 e. The van der Waals surface area contributed by atoms with E-state index in [1.54, 1.807) is 6.21 Å². The molecule has 0 saturated heterocycles. The summed E-state index contributed by atoms with van der Waals surface area (Å²) in [7, 11) is 0. The predicted molar refractivity (Wildman–Crippen MR) is 91.6 cm³/mol. The number of halogens is 1. The predicted octanol–water partition coefficient (Wildman–Crippen LogP) is 4.83. The zero-order chi connectivity index (χ0) is 15.2. The molecule has 106 valence electrons. The van der Waals surface area contributed by atoms with Crippen molar-refractivity contribution in [2.75, 3.05) is 6.61 Å². The zero-order valence-electron chi connectivity index (χ0n) is 12.1. The van der Waals surface area contributed by atoms with Crippen molar-refractivity contribution in [2.24, 2.45) is 4.99 Å². The van der Waals surface area contributed by atoms with Gasteiger partial charge < -0.3 is 4.74 Å². The van der Waals surface area contributed by atoms with Gasteiger partial charge in [-0.05, 0) is 55.3 Å². The Bertz CT molecular complexity index is 714. The third-order valence-electron chi connectivity index (χ3n) is 3.13. The molecule has 2 aromatic rings. The number of aryl methyl sites for hydroxylation is 2. The minimum absolute atomic E-state index is 0.242. The number of hydrogen-bond donors (Lipinski definition) is 0. The summed E-state index contributed by atoms with van der Waals surface area (Å²) in [6.07, 6.45) is 7.03. The fraction of sp³-hybridized carbons (Fsp3) is 0.167. The van der Waals surface area contributed by atoms with E-state index in [4.69, 9.17) is 11.2 Å². The summed E-state index contributed by atoms with van der Waals surface area (Å²) in [6.45, 7) is 4.41. The fourth-order valence-electron chi connectivity index (χ4n) is 1.82. The van der Waals surface area contributed by atoms with Crippen LogP contribution in [0.4, 0.5) is 5.69 Å². The van der Waals surface area contributed by atoms with Crippen LogP contribution in [0.15, 0.2) is 45.9 Å². The van der Waals surface area contributed by atoms with Crippen molar-refractivity contribution in [3.63, 3.8) is 0 Å². The zero-order valence-corrected chi connectivity index (χ0v) is 13.6. The molecule has 0 spiro atoms. The van der Waals surface area contributed by atoms with Crippen molar-refractivity contribution in [3.8, 4) is 18.1 Å². The Balaban J connectivity index is 2.28. The van der Waals surface area contributed by atoms with E-state index in [1.165, 1.54) is 11.1 Å². The second-order valence-corrected chi connectivity index (χ2v) is 5.62. The lowest BCUT2D eigenvalue weighted by atomic mass is 10.1. The number of nitrogens with zero attached hydrogens (tertiary/aromatic N) is 1. The van der Waals surface area contributed by atoms with Crippen LogP contribution in [0.25, 0.3) is 0 Å². The SMILES string of the molecule is C#CCOc1ccc(Br)cc1C=Nc1ccc(C)c(C)c1. The summed E-state index contributed by atoms with van der Waals surface area (Å²) in [6, 6.07) is 11.9. The van der Waals surface area contributed by atoms with Crippen LogP contribution in [0.3, 0.4) is 0 Å². The molecule has 2 aromatic carbocycles. The highest BCUT2D eigenvalue weighted by atomic mass is 79.9. The third-order valence-corrected chi connectivity index (χ3v) is 3.62. The van der Waals surface area contributed by atoms with Crippen LogP contribution in [-0.4, -0.2) is 12.8 Å². The van der Waals surface area contributed by atoms with Crippen LogP contribution in [0.5, 0.6) is 5.75 Å². The molecule has 21 heavy (non-hydrogen) atoms. The van der Waals surface area contributed by atoms with Crippen LogP contribution < -0.4 is 4.74 Å². The summed E-state index contributed by atoms with van der Waals surface area (Å²) < 4.78 is 6.49. The lowest BCUT2D eigenvalue weighted by Crippen LogP contribution is -1.97. The first-order chi connectivity index (χ1) is 10.1. The van der Waals surface area contributed by atoms with Gasteiger partial charge in [0.1, 0.15) is 12.4 Å². The van der Waals surface area contributed by atoms with Crippen molar-refractivity contribution in [1.82, 2.24) is 0 Å². The van der Waals surface area contributed by atoms with E-state index in [-0.39, 0.29) is 6.61 Å². The highest BCUT2D eigenvalue weighted by Crippen LogP contribution is 2.23. The maximum absolute atomic E-state index is 5.52. The molecule has 0 fully saturated rings. The number of terminal acetylenes is 1. The lowest BCUT2D eigenvalue weighted by Gasteiger charge is -2.07. The number of ether oxygens (including phenoxy) is 1. The normalized spacial score (nSPS) is 10.6. The van der Waals surface area contributed by atoms with Gasteiger partial charge >= 0.3 is 0 Å². The Labute approximate surface area is 134 Å². The summed E-state index contributed by atoms with van der Waals surface area (Å²) in [5.41, 5.74) is 4.29. The monoisotopic (exact) mass is 341 g/mol. The first kappa shape index (κ1) is 15.3. The molecule has 0 bridgehead atoms. The Hall–Kier alpha value is -2.05. The van der Waals surface area contributed by atoms with E-state index < -0.39 is 0 Å². The van der Waals surface area contributed by atoms with Crippen LogP contribution in [0.2, 0.25) is 0 Å². The number of rotatable bonds is 4. The van der Waals surface area contributed by atoms with Gasteiger partial charge in [-0.2, -0.15) is 0 Å². The van der Waals surface area contributed by atoms with Crippen molar-refractivity contribution in [2.45, 2.75) is 13.8 Å². The highest BCUT2D eigenvalue weighted by molar-refractivity contribution is 9.10. The highest BCUT2D eigenvalue weighted by Gasteiger charge is 2.02. The minimum atomic E-state index is 0.242. The van der Waals surface area contributed by atoms with Crippen LogP contribution in [0.1, 0.15) is 16.7 Å². The van der Waals surface area contributed by atoms with Gasteiger partial charge in [-0.3, -0.25) is 4.99 Å². The number of aliphatic imine (C=N–C) groups is 1. The first-order valence-electron chi connectivity index (χ1n) is 6.57. The first-order valence-corrected chi connectivity index (χ1v) is 7.36. The fourth-order valence-corrected chi connectivity index (χ4v) is 2.20.